The first-order chi connectivity index (χ1) is 13.7. The van der Waals surface area contributed by atoms with Crippen molar-refractivity contribution >= 4 is 5.91 Å². The van der Waals surface area contributed by atoms with Crippen LogP contribution in [-0.2, 0) is 30.7 Å². The van der Waals surface area contributed by atoms with Crippen molar-refractivity contribution in [3.63, 3.8) is 0 Å². The number of fused-ring (bicyclic) bond motifs is 1. The standard InChI is InChI=1S/C22H31N5O/c1-17(22(28)23-19-10-6-3-7-11-19)26-14-15-27-20(24-25-21(27)16-26)13-12-18-8-4-2-5-9-18/h2,4-5,8-9,17,19H,3,6-7,10-16H2,1H3,(H,23,28). The van der Waals surface area contributed by atoms with Crippen LogP contribution in [0.3, 0.4) is 0 Å². The van der Waals surface area contributed by atoms with E-state index in [4.69, 9.17) is 0 Å². The third-order valence-corrected chi connectivity index (χ3v) is 6.22. The molecule has 1 aromatic heterocycles. The Hall–Kier alpha value is -2.21. The number of hydrogen-bond acceptors (Lipinski definition) is 4. The summed E-state index contributed by atoms with van der Waals surface area (Å²) in [5.41, 5.74) is 1.32. The highest BCUT2D eigenvalue weighted by molar-refractivity contribution is 5.81. The molecule has 1 atom stereocenters. The van der Waals surface area contributed by atoms with Crippen molar-refractivity contribution in [2.75, 3.05) is 6.54 Å². The molecule has 150 valence electrons. The lowest BCUT2D eigenvalue weighted by molar-refractivity contribution is -0.127. The summed E-state index contributed by atoms with van der Waals surface area (Å²) in [6.07, 6.45) is 7.89. The van der Waals surface area contributed by atoms with Gasteiger partial charge in [0.2, 0.25) is 5.91 Å². The Balaban J connectivity index is 1.33. The van der Waals surface area contributed by atoms with Gasteiger partial charge in [0.15, 0.2) is 0 Å². The van der Waals surface area contributed by atoms with E-state index in [0.29, 0.717) is 12.6 Å². The van der Waals surface area contributed by atoms with Crippen molar-refractivity contribution in [2.24, 2.45) is 0 Å². The van der Waals surface area contributed by atoms with Gasteiger partial charge < -0.3 is 9.88 Å². The molecule has 1 saturated carbocycles. The molecule has 1 aliphatic heterocycles. The van der Waals surface area contributed by atoms with E-state index >= 15 is 0 Å². The molecule has 0 saturated heterocycles. The molecular weight excluding hydrogens is 350 g/mol. The summed E-state index contributed by atoms with van der Waals surface area (Å²) < 4.78 is 2.24. The number of amides is 1. The van der Waals surface area contributed by atoms with Gasteiger partial charge in [-0.15, -0.1) is 10.2 Å². The highest BCUT2D eigenvalue weighted by atomic mass is 16.2. The first-order valence-corrected chi connectivity index (χ1v) is 10.7. The molecule has 2 aromatic rings. The zero-order valence-corrected chi connectivity index (χ0v) is 16.8. The average molecular weight is 382 g/mol. The van der Waals surface area contributed by atoms with Crippen LogP contribution in [0.2, 0.25) is 0 Å². The van der Waals surface area contributed by atoms with Crippen molar-refractivity contribution in [3.8, 4) is 0 Å². The van der Waals surface area contributed by atoms with Gasteiger partial charge in [0, 0.05) is 25.6 Å². The molecule has 6 nitrogen and oxygen atoms in total. The Morgan fingerprint density at radius 2 is 1.89 bits per heavy atom. The van der Waals surface area contributed by atoms with E-state index in [1.54, 1.807) is 0 Å². The number of rotatable bonds is 6. The number of benzene rings is 1. The van der Waals surface area contributed by atoms with Gasteiger partial charge in [0.05, 0.1) is 12.6 Å². The van der Waals surface area contributed by atoms with E-state index in [-0.39, 0.29) is 11.9 Å². The molecule has 4 rings (SSSR count). The topological polar surface area (TPSA) is 63.1 Å². The number of carbonyl (C=O) groups is 1. The minimum absolute atomic E-state index is 0.125. The molecule has 1 unspecified atom stereocenters. The predicted molar refractivity (Wildman–Crippen MR) is 109 cm³/mol. The maximum Gasteiger partial charge on any atom is 0.237 e. The van der Waals surface area contributed by atoms with Gasteiger partial charge in [-0.1, -0.05) is 49.6 Å². The van der Waals surface area contributed by atoms with Crippen LogP contribution < -0.4 is 5.32 Å². The van der Waals surface area contributed by atoms with Crippen molar-refractivity contribution in [2.45, 2.75) is 77.0 Å². The quantitative estimate of drug-likeness (QED) is 0.836. The van der Waals surface area contributed by atoms with E-state index in [9.17, 15) is 4.79 Å². The predicted octanol–water partition coefficient (Wildman–Crippen LogP) is 2.72. The van der Waals surface area contributed by atoms with Crippen molar-refractivity contribution in [1.82, 2.24) is 25.0 Å². The van der Waals surface area contributed by atoms with Crippen LogP contribution in [0.1, 0.15) is 56.2 Å². The van der Waals surface area contributed by atoms with Gasteiger partial charge in [-0.2, -0.15) is 0 Å². The zero-order chi connectivity index (χ0) is 19.3. The largest absolute Gasteiger partial charge is 0.352 e. The number of aromatic nitrogens is 3. The Kier molecular flexibility index (Phi) is 6.05. The Morgan fingerprint density at radius 1 is 1.11 bits per heavy atom. The van der Waals surface area contributed by atoms with Crippen molar-refractivity contribution in [1.29, 1.82) is 0 Å². The number of hydrogen-bond donors (Lipinski definition) is 1. The Labute approximate surface area is 167 Å². The third-order valence-electron chi connectivity index (χ3n) is 6.22. The van der Waals surface area contributed by atoms with E-state index in [2.05, 4.69) is 49.2 Å². The second-order valence-electron chi connectivity index (χ2n) is 8.16. The lowest BCUT2D eigenvalue weighted by Gasteiger charge is -2.33. The highest BCUT2D eigenvalue weighted by Gasteiger charge is 2.29. The molecule has 0 radical (unpaired) electrons. The summed E-state index contributed by atoms with van der Waals surface area (Å²) in [5, 5.41) is 12.1. The SMILES string of the molecule is CC(C(=O)NC1CCCCC1)N1CCn2c(CCc3ccccc3)nnc2C1. The fraction of sp³-hybridized carbons (Fsp3) is 0.591. The molecule has 28 heavy (non-hydrogen) atoms. The second kappa shape index (κ2) is 8.86. The Bertz CT molecular complexity index is 781. The number of nitrogens with zero attached hydrogens (tertiary/aromatic N) is 4. The van der Waals surface area contributed by atoms with E-state index < -0.39 is 0 Å². The van der Waals surface area contributed by atoms with Crippen LogP contribution in [0.4, 0.5) is 0 Å². The number of nitrogens with one attached hydrogen (secondary N) is 1. The summed E-state index contributed by atoms with van der Waals surface area (Å²) in [4.78, 5) is 14.9. The molecular formula is C22H31N5O. The summed E-state index contributed by atoms with van der Waals surface area (Å²) in [7, 11) is 0. The van der Waals surface area contributed by atoms with Crippen LogP contribution in [0.5, 0.6) is 0 Å². The molecule has 1 N–H and O–H groups in total. The van der Waals surface area contributed by atoms with Crippen LogP contribution >= 0.6 is 0 Å². The Morgan fingerprint density at radius 3 is 2.68 bits per heavy atom. The molecule has 2 aliphatic rings. The zero-order valence-electron chi connectivity index (χ0n) is 16.8. The van der Waals surface area contributed by atoms with E-state index in [1.807, 2.05) is 13.0 Å². The fourth-order valence-corrected chi connectivity index (χ4v) is 4.39. The fourth-order valence-electron chi connectivity index (χ4n) is 4.39. The third kappa shape index (κ3) is 4.43. The minimum Gasteiger partial charge on any atom is -0.352 e. The summed E-state index contributed by atoms with van der Waals surface area (Å²) in [6.45, 7) is 4.42. The lowest BCUT2D eigenvalue weighted by atomic mass is 9.95. The van der Waals surface area contributed by atoms with Crippen molar-refractivity contribution < 1.29 is 4.79 Å². The minimum atomic E-state index is -0.125. The highest BCUT2D eigenvalue weighted by Crippen LogP contribution is 2.19. The summed E-state index contributed by atoms with van der Waals surface area (Å²) in [5.74, 6) is 2.19. The molecule has 1 aliphatic carbocycles. The van der Waals surface area contributed by atoms with E-state index in [1.165, 1.54) is 24.8 Å². The number of carbonyl (C=O) groups excluding carboxylic acids is 1. The first kappa shape index (κ1) is 19.1. The van der Waals surface area contributed by atoms with Gasteiger partial charge in [-0.05, 0) is 31.7 Å². The number of aryl methyl sites for hydroxylation is 2. The van der Waals surface area contributed by atoms with Gasteiger partial charge in [0.1, 0.15) is 11.6 Å². The lowest BCUT2D eigenvalue weighted by Crippen LogP contribution is -2.50. The molecule has 1 amide bonds. The second-order valence-corrected chi connectivity index (χ2v) is 8.16. The maximum atomic E-state index is 12.7. The molecule has 0 bridgehead atoms. The first-order valence-electron chi connectivity index (χ1n) is 10.7. The van der Waals surface area contributed by atoms with Gasteiger partial charge >= 0.3 is 0 Å². The van der Waals surface area contributed by atoms with Crippen LogP contribution in [0, 0.1) is 0 Å². The smallest absolute Gasteiger partial charge is 0.237 e. The van der Waals surface area contributed by atoms with Crippen molar-refractivity contribution in [3.05, 3.63) is 47.5 Å². The van der Waals surface area contributed by atoms with Gasteiger partial charge in [-0.3, -0.25) is 9.69 Å². The molecule has 1 aromatic carbocycles. The van der Waals surface area contributed by atoms with Gasteiger partial charge in [-0.25, -0.2) is 0 Å². The monoisotopic (exact) mass is 381 g/mol. The molecule has 0 spiro atoms. The van der Waals surface area contributed by atoms with Crippen LogP contribution in [0.15, 0.2) is 30.3 Å². The maximum absolute atomic E-state index is 12.7. The van der Waals surface area contributed by atoms with E-state index in [0.717, 1.165) is 50.4 Å². The summed E-state index contributed by atoms with van der Waals surface area (Å²) >= 11 is 0. The average Bonchev–Trinajstić information content (AvgIpc) is 3.15. The normalized spacial score (nSPS) is 19.2. The summed E-state index contributed by atoms with van der Waals surface area (Å²) in [6, 6.07) is 10.7. The van der Waals surface area contributed by atoms with Crippen LogP contribution in [0.25, 0.3) is 0 Å². The van der Waals surface area contributed by atoms with Gasteiger partial charge in [0.25, 0.3) is 0 Å². The molecule has 1 fully saturated rings. The molecule has 2 heterocycles. The van der Waals surface area contributed by atoms with Crippen LogP contribution in [-0.4, -0.2) is 44.2 Å². The molecule has 6 heteroatoms.